The van der Waals surface area contributed by atoms with Gasteiger partial charge in [-0.15, -0.1) is 0 Å². The highest BCUT2D eigenvalue weighted by Gasteiger charge is 2.32. The Kier molecular flexibility index (Phi) is 5.30. The first-order valence-electron chi connectivity index (χ1n) is 7.72. The van der Waals surface area contributed by atoms with Crippen LogP contribution >= 0.6 is 0 Å². The lowest BCUT2D eigenvalue weighted by Gasteiger charge is -2.23. The predicted octanol–water partition coefficient (Wildman–Crippen LogP) is 1.11. The molecule has 1 aromatic rings. The molecule has 1 aliphatic heterocycles. The van der Waals surface area contributed by atoms with Crippen molar-refractivity contribution >= 4 is 16.1 Å². The number of aryl methyl sites for hydroxylation is 2. The number of amides is 2. The summed E-state index contributed by atoms with van der Waals surface area (Å²) in [5, 5.41) is 6.55. The molecule has 1 aromatic heterocycles. The molecule has 0 saturated carbocycles. The largest absolute Gasteiger partial charge is 0.360 e. The van der Waals surface area contributed by atoms with Crippen LogP contribution in [0.5, 0.6) is 0 Å². The van der Waals surface area contributed by atoms with Gasteiger partial charge in [0.25, 0.3) is 0 Å². The van der Waals surface area contributed by atoms with Crippen LogP contribution in [0.25, 0.3) is 0 Å². The maximum Gasteiger partial charge on any atom is 0.317 e. The summed E-state index contributed by atoms with van der Waals surface area (Å²) in [6.07, 6.45) is 0.591. The van der Waals surface area contributed by atoms with E-state index in [0.717, 1.165) is 0 Å². The van der Waals surface area contributed by atoms with Crippen LogP contribution in [0.3, 0.4) is 0 Å². The summed E-state index contributed by atoms with van der Waals surface area (Å²) in [5.41, 5.74) is 0.362. The summed E-state index contributed by atoms with van der Waals surface area (Å²) in [4.78, 5) is 13.9. The number of rotatable bonds is 3. The minimum atomic E-state index is -3.66. The lowest BCUT2D eigenvalue weighted by Crippen LogP contribution is -2.44. The summed E-state index contributed by atoms with van der Waals surface area (Å²) in [7, 11) is -3.66. The van der Waals surface area contributed by atoms with Crippen LogP contribution in [0.1, 0.15) is 31.7 Å². The third-order valence-electron chi connectivity index (χ3n) is 3.72. The zero-order valence-electron chi connectivity index (χ0n) is 14.0. The van der Waals surface area contributed by atoms with Gasteiger partial charge in [-0.25, -0.2) is 13.2 Å². The molecule has 130 valence electrons. The quantitative estimate of drug-likeness (QED) is 0.886. The van der Waals surface area contributed by atoms with E-state index in [2.05, 4.69) is 10.5 Å². The van der Waals surface area contributed by atoms with E-state index in [9.17, 15) is 13.2 Å². The van der Waals surface area contributed by atoms with Gasteiger partial charge in [0.2, 0.25) is 10.0 Å². The van der Waals surface area contributed by atoms with Crippen molar-refractivity contribution in [3.8, 4) is 0 Å². The second kappa shape index (κ2) is 6.88. The molecule has 0 aliphatic carbocycles. The third kappa shape index (κ3) is 3.84. The van der Waals surface area contributed by atoms with E-state index in [4.69, 9.17) is 4.52 Å². The Hall–Kier alpha value is -1.61. The van der Waals surface area contributed by atoms with Gasteiger partial charge in [-0.05, 0) is 34.1 Å². The number of hydrogen-bond donors (Lipinski definition) is 1. The number of carbonyl (C=O) groups excluding carboxylic acids is 1. The Labute approximate surface area is 136 Å². The molecule has 0 bridgehead atoms. The molecule has 2 heterocycles. The van der Waals surface area contributed by atoms with E-state index >= 15 is 0 Å². The van der Waals surface area contributed by atoms with Crippen LogP contribution in [0, 0.1) is 13.8 Å². The summed E-state index contributed by atoms with van der Waals surface area (Å²) in [6.45, 7) is 8.52. The first kappa shape index (κ1) is 17.7. The van der Waals surface area contributed by atoms with E-state index in [1.807, 2.05) is 13.8 Å². The van der Waals surface area contributed by atoms with Crippen LogP contribution in [0.4, 0.5) is 4.79 Å². The molecule has 1 saturated heterocycles. The number of nitrogens with one attached hydrogen (secondary N) is 1. The highest BCUT2D eigenvalue weighted by molar-refractivity contribution is 7.89. The molecule has 0 spiro atoms. The number of carbonyl (C=O) groups is 1. The average Bonchev–Trinajstić information content (AvgIpc) is 2.66. The molecule has 2 amide bonds. The fourth-order valence-corrected chi connectivity index (χ4v) is 4.41. The van der Waals surface area contributed by atoms with Crippen LogP contribution in [0.15, 0.2) is 9.42 Å². The molecule has 1 fully saturated rings. The number of urea groups is 1. The van der Waals surface area contributed by atoms with Gasteiger partial charge in [-0.1, -0.05) is 5.16 Å². The molecular formula is C14H24N4O4S. The lowest BCUT2D eigenvalue weighted by molar-refractivity contribution is 0.198. The monoisotopic (exact) mass is 344 g/mol. The fourth-order valence-electron chi connectivity index (χ4n) is 2.65. The zero-order valence-corrected chi connectivity index (χ0v) is 14.8. The maximum absolute atomic E-state index is 12.8. The standard InChI is InChI=1S/C14H24N4O4S/c1-10(2)15-14(19)17-6-5-7-18(9-8-17)23(20,21)13-11(3)16-22-12(13)4/h10H,5-9H2,1-4H3,(H,15,19). The van der Waals surface area contributed by atoms with Crippen molar-refractivity contribution in [3.05, 3.63) is 11.5 Å². The number of nitrogens with zero attached hydrogens (tertiary/aromatic N) is 3. The van der Waals surface area contributed by atoms with Gasteiger partial charge in [-0.2, -0.15) is 4.31 Å². The first-order valence-corrected chi connectivity index (χ1v) is 9.16. The molecule has 0 unspecified atom stereocenters. The maximum atomic E-state index is 12.8. The van der Waals surface area contributed by atoms with E-state index in [1.54, 1.807) is 18.7 Å². The average molecular weight is 344 g/mol. The van der Waals surface area contributed by atoms with Crippen LogP contribution in [-0.4, -0.2) is 61.0 Å². The van der Waals surface area contributed by atoms with Crippen molar-refractivity contribution in [2.24, 2.45) is 0 Å². The normalized spacial score (nSPS) is 17.3. The van der Waals surface area contributed by atoms with Crippen molar-refractivity contribution in [3.63, 3.8) is 0 Å². The van der Waals surface area contributed by atoms with Gasteiger partial charge in [0.1, 0.15) is 10.6 Å². The van der Waals surface area contributed by atoms with Crippen molar-refractivity contribution < 1.29 is 17.7 Å². The van der Waals surface area contributed by atoms with E-state index in [1.165, 1.54) is 4.31 Å². The van der Waals surface area contributed by atoms with E-state index in [0.29, 0.717) is 37.5 Å². The van der Waals surface area contributed by atoms with Crippen LogP contribution in [0.2, 0.25) is 0 Å². The van der Waals surface area contributed by atoms with E-state index < -0.39 is 10.0 Å². The molecule has 9 heteroatoms. The summed E-state index contributed by atoms with van der Waals surface area (Å²) >= 11 is 0. The molecule has 1 aliphatic rings. The summed E-state index contributed by atoms with van der Waals surface area (Å²) in [5.74, 6) is 0.293. The molecular weight excluding hydrogens is 320 g/mol. The molecule has 0 atom stereocenters. The molecule has 2 rings (SSSR count). The van der Waals surface area contributed by atoms with Gasteiger partial charge < -0.3 is 14.7 Å². The summed E-state index contributed by atoms with van der Waals surface area (Å²) < 4.78 is 32.0. The predicted molar refractivity (Wildman–Crippen MR) is 84.6 cm³/mol. The third-order valence-corrected chi connectivity index (χ3v) is 5.86. The SMILES string of the molecule is Cc1noc(C)c1S(=O)(=O)N1CCCN(C(=O)NC(C)C)CC1. The minimum Gasteiger partial charge on any atom is -0.360 e. The van der Waals surface area contributed by atoms with Crippen molar-refractivity contribution in [1.29, 1.82) is 0 Å². The Balaban J connectivity index is 2.13. The minimum absolute atomic E-state index is 0.0490. The van der Waals surface area contributed by atoms with E-state index in [-0.39, 0.29) is 23.5 Å². The van der Waals surface area contributed by atoms with Gasteiger partial charge in [0.05, 0.1) is 0 Å². The Bertz CT molecular complexity index is 649. The van der Waals surface area contributed by atoms with Gasteiger partial charge in [-0.3, -0.25) is 0 Å². The topological polar surface area (TPSA) is 95.8 Å². The van der Waals surface area contributed by atoms with Crippen LogP contribution < -0.4 is 5.32 Å². The van der Waals surface area contributed by atoms with Crippen molar-refractivity contribution in [2.45, 2.75) is 45.1 Å². The second-order valence-corrected chi connectivity index (χ2v) is 7.88. The molecule has 1 N–H and O–H groups in total. The Morgan fingerprint density at radius 1 is 1.22 bits per heavy atom. The second-order valence-electron chi connectivity index (χ2n) is 6.00. The number of hydrogen-bond acceptors (Lipinski definition) is 5. The Morgan fingerprint density at radius 2 is 1.91 bits per heavy atom. The van der Waals surface area contributed by atoms with Gasteiger partial charge in [0, 0.05) is 32.2 Å². The zero-order chi connectivity index (χ0) is 17.2. The van der Waals surface area contributed by atoms with Gasteiger partial charge >= 0.3 is 6.03 Å². The lowest BCUT2D eigenvalue weighted by atomic mass is 10.4. The van der Waals surface area contributed by atoms with Crippen molar-refractivity contribution in [2.75, 3.05) is 26.2 Å². The first-order chi connectivity index (χ1) is 10.7. The highest BCUT2D eigenvalue weighted by atomic mass is 32.2. The number of sulfonamides is 1. The highest BCUT2D eigenvalue weighted by Crippen LogP contribution is 2.24. The molecule has 8 nitrogen and oxygen atoms in total. The molecule has 0 aromatic carbocycles. The number of aromatic nitrogens is 1. The molecule has 0 radical (unpaired) electrons. The van der Waals surface area contributed by atoms with Crippen molar-refractivity contribution in [1.82, 2.24) is 19.7 Å². The Morgan fingerprint density at radius 3 is 2.48 bits per heavy atom. The van der Waals surface area contributed by atoms with Crippen LogP contribution in [-0.2, 0) is 10.0 Å². The van der Waals surface area contributed by atoms with Gasteiger partial charge in [0.15, 0.2) is 5.76 Å². The summed E-state index contributed by atoms with van der Waals surface area (Å²) in [6, 6.07) is -0.107. The smallest absolute Gasteiger partial charge is 0.317 e. The fraction of sp³-hybridized carbons (Fsp3) is 0.714. The molecule has 23 heavy (non-hydrogen) atoms.